The molecule has 2 aromatic carbocycles. The second-order valence-electron chi connectivity index (χ2n) is 5.30. The number of carbonyl (C=O) groups excluding carboxylic acids is 1. The molecule has 0 radical (unpaired) electrons. The summed E-state index contributed by atoms with van der Waals surface area (Å²) in [5.41, 5.74) is 7.16. The Labute approximate surface area is 145 Å². The Morgan fingerprint density at radius 3 is 2.54 bits per heavy atom. The highest BCUT2D eigenvalue weighted by Crippen LogP contribution is 2.30. The number of thiocarbonyl (C=S) groups is 1. The molecule has 1 atom stereocenters. The van der Waals surface area contributed by atoms with Crippen molar-refractivity contribution < 1.29 is 14.3 Å². The second-order valence-corrected chi connectivity index (χ2v) is 5.71. The minimum atomic E-state index is -0.741. The van der Waals surface area contributed by atoms with Crippen LogP contribution in [0.15, 0.2) is 48.5 Å². The highest BCUT2D eigenvalue weighted by Gasteiger charge is 2.27. The van der Waals surface area contributed by atoms with E-state index in [0.717, 1.165) is 11.3 Å². The number of hydrogen-bond donors (Lipinski definition) is 3. The maximum absolute atomic E-state index is 12.1. The molecule has 2 aromatic rings. The van der Waals surface area contributed by atoms with Gasteiger partial charge in [-0.3, -0.25) is 15.6 Å². The monoisotopic (exact) mass is 343 g/mol. The number of ether oxygens (including phenoxy) is 2. The van der Waals surface area contributed by atoms with Crippen molar-refractivity contribution in [1.82, 2.24) is 10.9 Å². The first kappa shape index (κ1) is 16.1. The lowest BCUT2D eigenvalue weighted by Crippen LogP contribution is -2.51. The molecule has 24 heavy (non-hydrogen) atoms. The van der Waals surface area contributed by atoms with Crippen molar-refractivity contribution in [2.75, 3.05) is 11.9 Å². The van der Waals surface area contributed by atoms with E-state index in [1.165, 1.54) is 0 Å². The van der Waals surface area contributed by atoms with Crippen LogP contribution in [0.5, 0.6) is 11.5 Å². The van der Waals surface area contributed by atoms with Crippen LogP contribution >= 0.6 is 12.2 Å². The smallest absolute Gasteiger partial charge is 0.283 e. The topological polar surface area (TPSA) is 71.6 Å². The third-order valence-corrected chi connectivity index (χ3v) is 3.61. The van der Waals surface area contributed by atoms with E-state index in [0.29, 0.717) is 11.5 Å². The van der Waals surface area contributed by atoms with Gasteiger partial charge in [0.15, 0.2) is 16.6 Å². The summed E-state index contributed by atoms with van der Waals surface area (Å²) in [6.45, 7) is 2.15. The van der Waals surface area contributed by atoms with Gasteiger partial charge in [0.2, 0.25) is 6.10 Å². The Morgan fingerprint density at radius 2 is 1.79 bits per heavy atom. The normalized spacial score (nSPS) is 15.3. The first-order valence-electron chi connectivity index (χ1n) is 7.44. The molecule has 1 aliphatic rings. The van der Waals surface area contributed by atoms with E-state index in [4.69, 9.17) is 21.7 Å². The molecule has 0 saturated heterocycles. The first-order chi connectivity index (χ1) is 11.6. The number of aryl methyl sites for hydroxylation is 1. The van der Waals surface area contributed by atoms with Gasteiger partial charge in [-0.15, -0.1) is 0 Å². The Hall–Kier alpha value is -2.80. The van der Waals surface area contributed by atoms with Crippen molar-refractivity contribution in [2.45, 2.75) is 13.0 Å². The molecule has 0 bridgehead atoms. The average Bonchev–Trinajstić information content (AvgIpc) is 2.61. The molecule has 7 heteroatoms. The lowest BCUT2D eigenvalue weighted by molar-refractivity contribution is -0.130. The van der Waals surface area contributed by atoms with E-state index in [2.05, 4.69) is 16.2 Å². The number of fused-ring (bicyclic) bond motifs is 1. The van der Waals surface area contributed by atoms with E-state index in [-0.39, 0.29) is 17.6 Å². The van der Waals surface area contributed by atoms with Crippen molar-refractivity contribution in [2.24, 2.45) is 0 Å². The number of hydrazine groups is 1. The molecule has 3 rings (SSSR count). The number of nitrogens with one attached hydrogen (secondary N) is 3. The summed E-state index contributed by atoms with van der Waals surface area (Å²) in [5, 5.41) is 3.26. The van der Waals surface area contributed by atoms with Crippen LogP contribution in [0.4, 0.5) is 5.69 Å². The second kappa shape index (κ2) is 7.18. The SMILES string of the molecule is Cc1ccc(NC(=S)NNC(=O)C2COc3ccccc3O2)cc1. The van der Waals surface area contributed by atoms with Gasteiger partial charge in [0.25, 0.3) is 5.91 Å². The molecule has 124 valence electrons. The lowest BCUT2D eigenvalue weighted by Gasteiger charge is -2.25. The fourth-order valence-corrected chi connectivity index (χ4v) is 2.32. The minimum Gasteiger partial charge on any atom is -0.485 e. The summed E-state index contributed by atoms with van der Waals surface area (Å²) >= 11 is 5.14. The van der Waals surface area contributed by atoms with Gasteiger partial charge in [-0.1, -0.05) is 29.8 Å². The molecule has 0 aromatic heterocycles. The van der Waals surface area contributed by atoms with Crippen molar-refractivity contribution in [3.05, 3.63) is 54.1 Å². The van der Waals surface area contributed by atoms with E-state index in [1.54, 1.807) is 12.1 Å². The largest absolute Gasteiger partial charge is 0.485 e. The van der Waals surface area contributed by atoms with Crippen LogP contribution in [0, 0.1) is 6.92 Å². The molecular weight excluding hydrogens is 326 g/mol. The highest BCUT2D eigenvalue weighted by atomic mass is 32.1. The van der Waals surface area contributed by atoms with E-state index in [9.17, 15) is 4.79 Å². The number of para-hydroxylation sites is 2. The maximum atomic E-state index is 12.1. The molecule has 0 saturated carbocycles. The standard InChI is InChI=1S/C17H17N3O3S/c1-11-6-8-12(9-7-11)18-17(24)20-19-16(21)15-10-22-13-4-2-3-5-14(13)23-15/h2-9,15H,10H2,1H3,(H,19,21)(H2,18,20,24). The fraction of sp³-hybridized carbons (Fsp3) is 0.176. The van der Waals surface area contributed by atoms with E-state index in [1.807, 2.05) is 43.3 Å². The number of amides is 1. The van der Waals surface area contributed by atoms with Crippen molar-refractivity contribution in [3.8, 4) is 11.5 Å². The Kier molecular flexibility index (Phi) is 4.81. The van der Waals surface area contributed by atoms with Gasteiger partial charge in [0.05, 0.1) is 0 Å². The minimum absolute atomic E-state index is 0.142. The van der Waals surface area contributed by atoms with Crippen molar-refractivity contribution in [1.29, 1.82) is 0 Å². The number of carbonyl (C=O) groups is 1. The van der Waals surface area contributed by atoms with Gasteiger partial charge in [-0.2, -0.15) is 0 Å². The predicted octanol–water partition coefficient (Wildman–Crippen LogP) is 2.15. The zero-order valence-corrected chi connectivity index (χ0v) is 13.9. The van der Waals surface area contributed by atoms with Crippen LogP contribution in [0.1, 0.15) is 5.56 Å². The molecular formula is C17H17N3O3S. The van der Waals surface area contributed by atoms with Crippen LogP contribution < -0.4 is 25.6 Å². The van der Waals surface area contributed by atoms with Gasteiger partial charge >= 0.3 is 0 Å². The van der Waals surface area contributed by atoms with Crippen LogP contribution in [0.3, 0.4) is 0 Å². The number of hydrogen-bond acceptors (Lipinski definition) is 4. The fourth-order valence-electron chi connectivity index (χ4n) is 2.15. The molecule has 1 aliphatic heterocycles. The third-order valence-electron chi connectivity index (χ3n) is 3.41. The van der Waals surface area contributed by atoms with Crippen LogP contribution in [0.25, 0.3) is 0 Å². The molecule has 0 fully saturated rings. The molecule has 0 aliphatic carbocycles. The number of rotatable bonds is 2. The first-order valence-corrected chi connectivity index (χ1v) is 7.84. The van der Waals surface area contributed by atoms with Gasteiger partial charge in [0.1, 0.15) is 6.61 Å². The van der Waals surface area contributed by atoms with E-state index < -0.39 is 6.10 Å². The molecule has 0 spiro atoms. The van der Waals surface area contributed by atoms with Crippen molar-refractivity contribution in [3.63, 3.8) is 0 Å². The maximum Gasteiger partial charge on any atom is 0.283 e. The quantitative estimate of drug-likeness (QED) is 0.573. The van der Waals surface area contributed by atoms with Crippen LogP contribution in [-0.2, 0) is 4.79 Å². The molecule has 1 heterocycles. The molecule has 1 amide bonds. The zero-order valence-electron chi connectivity index (χ0n) is 13.0. The number of benzene rings is 2. The summed E-state index contributed by atoms with van der Waals surface area (Å²) < 4.78 is 11.1. The number of anilines is 1. The summed E-state index contributed by atoms with van der Waals surface area (Å²) in [6.07, 6.45) is -0.741. The zero-order chi connectivity index (χ0) is 16.9. The Morgan fingerprint density at radius 1 is 1.08 bits per heavy atom. The van der Waals surface area contributed by atoms with Gasteiger partial charge in [-0.05, 0) is 43.4 Å². The van der Waals surface area contributed by atoms with Crippen LogP contribution in [0.2, 0.25) is 0 Å². The van der Waals surface area contributed by atoms with Crippen LogP contribution in [-0.4, -0.2) is 23.7 Å². The predicted molar refractivity (Wildman–Crippen MR) is 95.0 cm³/mol. The van der Waals surface area contributed by atoms with Gasteiger partial charge in [-0.25, -0.2) is 0 Å². The Bertz CT molecular complexity index is 749. The van der Waals surface area contributed by atoms with Gasteiger partial charge < -0.3 is 14.8 Å². The van der Waals surface area contributed by atoms with Crippen molar-refractivity contribution >= 4 is 28.9 Å². The van der Waals surface area contributed by atoms with Gasteiger partial charge in [0, 0.05) is 5.69 Å². The Balaban J connectivity index is 1.49. The summed E-state index contributed by atoms with van der Waals surface area (Å²) in [5.74, 6) is 0.813. The highest BCUT2D eigenvalue weighted by molar-refractivity contribution is 7.80. The molecule has 3 N–H and O–H groups in total. The summed E-state index contributed by atoms with van der Waals surface area (Å²) in [4.78, 5) is 12.1. The summed E-state index contributed by atoms with van der Waals surface area (Å²) in [7, 11) is 0. The summed E-state index contributed by atoms with van der Waals surface area (Å²) in [6, 6.07) is 15.0. The lowest BCUT2D eigenvalue weighted by atomic mass is 10.2. The average molecular weight is 343 g/mol. The molecule has 6 nitrogen and oxygen atoms in total. The molecule has 1 unspecified atom stereocenters. The third kappa shape index (κ3) is 3.94. The van der Waals surface area contributed by atoms with E-state index >= 15 is 0 Å².